The van der Waals surface area contributed by atoms with Crippen molar-refractivity contribution in [1.29, 1.82) is 0 Å². The van der Waals surface area contributed by atoms with Gasteiger partial charge in [0.25, 0.3) is 0 Å². The van der Waals surface area contributed by atoms with Gasteiger partial charge in [0, 0.05) is 24.7 Å². The first kappa shape index (κ1) is 15.8. The van der Waals surface area contributed by atoms with Crippen LogP contribution in [0, 0.1) is 13.8 Å². The molecule has 0 bridgehead atoms. The lowest BCUT2D eigenvalue weighted by atomic mass is 9.99. The summed E-state index contributed by atoms with van der Waals surface area (Å²) in [5, 5.41) is 8.24. The Morgan fingerprint density at radius 2 is 2.00 bits per heavy atom. The number of aromatic nitrogens is 2. The quantitative estimate of drug-likeness (QED) is 0.838. The highest BCUT2D eigenvalue weighted by Crippen LogP contribution is 2.20. The van der Waals surface area contributed by atoms with Crippen molar-refractivity contribution in [2.75, 3.05) is 6.54 Å². The second-order valence-corrected chi connectivity index (χ2v) is 5.72. The second-order valence-electron chi connectivity index (χ2n) is 5.72. The van der Waals surface area contributed by atoms with Gasteiger partial charge < -0.3 is 5.32 Å². The molecule has 21 heavy (non-hydrogen) atoms. The largest absolute Gasteiger partial charge is 0.310 e. The molecule has 114 valence electrons. The molecule has 0 radical (unpaired) electrons. The van der Waals surface area contributed by atoms with Crippen molar-refractivity contribution in [1.82, 2.24) is 15.1 Å². The van der Waals surface area contributed by atoms with Gasteiger partial charge in [0.05, 0.1) is 5.69 Å². The molecule has 0 aliphatic rings. The van der Waals surface area contributed by atoms with Gasteiger partial charge in [0.1, 0.15) is 0 Å². The van der Waals surface area contributed by atoms with Crippen LogP contribution in [0.3, 0.4) is 0 Å². The lowest BCUT2D eigenvalue weighted by Gasteiger charge is -2.20. The number of hydrogen-bond donors (Lipinski definition) is 1. The summed E-state index contributed by atoms with van der Waals surface area (Å²) in [5.41, 5.74) is 5.09. The lowest BCUT2D eigenvalue weighted by molar-refractivity contribution is 0.502. The van der Waals surface area contributed by atoms with E-state index in [1.165, 1.54) is 16.8 Å². The van der Waals surface area contributed by atoms with E-state index >= 15 is 0 Å². The summed E-state index contributed by atoms with van der Waals surface area (Å²) < 4.78 is 2.12. The molecular weight excluding hydrogens is 258 g/mol. The van der Waals surface area contributed by atoms with E-state index in [0.717, 1.165) is 31.6 Å². The molecule has 0 saturated heterocycles. The number of rotatable bonds is 7. The van der Waals surface area contributed by atoms with Crippen LogP contribution in [-0.4, -0.2) is 16.3 Å². The van der Waals surface area contributed by atoms with Crippen molar-refractivity contribution in [3.63, 3.8) is 0 Å². The first-order valence-corrected chi connectivity index (χ1v) is 7.97. The van der Waals surface area contributed by atoms with Gasteiger partial charge in [-0.15, -0.1) is 0 Å². The van der Waals surface area contributed by atoms with Gasteiger partial charge in [-0.25, -0.2) is 0 Å². The molecule has 0 aliphatic heterocycles. The van der Waals surface area contributed by atoms with Gasteiger partial charge in [-0.05, 0) is 45.4 Å². The number of aryl methyl sites for hydroxylation is 3. The highest BCUT2D eigenvalue weighted by molar-refractivity contribution is 5.26. The summed E-state index contributed by atoms with van der Waals surface area (Å²) in [7, 11) is 0. The molecule has 0 fully saturated rings. The van der Waals surface area contributed by atoms with E-state index in [9.17, 15) is 0 Å². The van der Waals surface area contributed by atoms with E-state index in [2.05, 4.69) is 73.1 Å². The van der Waals surface area contributed by atoms with Crippen LogP contribution in [0.1, 0.15) is 48.8 Å². The molecule has 3 heteroatoms. The minimum absolute atomic E-state index is 0.353. The SMILES string of the molecule is CCCNC(Cc1cc(C)nn1CC)c1cccc(C)c1. The molecular formula is C18H27N3. The molecule has 1 heterocycles. The van der Waals surface area contributed by atoms with Gasteiger partial charge in [0.15, 0.2) is 0 Å². The Morgan fingerprint density at radius 3 is 2.67 bits per heavy atom. The normalized spacial score (nSPS) is 12.6. The molecule has 0 aliphatic carbocycles. The van der Waals surface area contributed by atoms with Gasteiger partial charge in [-0.1, -0.05) is 36.8 Å². The second kappa shape index (κ2) is 7.41. The first-order valence-electron chi connectivity index (χ1n) is 7.97. The third kappa shape index (κ3) is 4.18. The molecule has 1 atom stereocenters. The minimum Gasteiger partial charge on any atom is -0.310 e. The fraction of sp³-hybridized carbons (Fsp3) is 0.500. The Bertz CT molecular complexity index is 572. The number of benzene rings is 1. The zero-order valence-corrected chi connectivity index (χ0v) is 13.7. The maximum atomic E-state index is 4.56. The summed E-state index contributed by atoms with van der Waals surface area (Å²) in [6.07, 6.45) is 2.13. The molecule has 3 nitrogen and oxygen atoms in total. The zero-order chi connectivity index (χ0) is 15.2. The number of nitrogens with zero attached hydrogens (tertiary/aromatic N) is 2. The molecule has 1 N–H and O–H groups in total. The Labute approximate surface area is 128 Å². The summed E-state index contributed by atoms with van der Waals surface area (Å²) in [5.74, 6) is 0. The average Bonchev–Trinajstić information content (AvgIpc) is 2.83. The summed E-state index contributed by atoms with van der Waals surface area (Å²) >= 11 is 0. The summed E-state index contributed by atoms with van der Waals surface area (Å²) in [4.78, 5) is 0. The van der Waals surface area contributed by atoms with Crippen LogP contribution in [0.2, 0.25) is 0 Å². The Hall–Kier alpha value is -1.61. The summed E-state index contributed by atoms with van der Waals surface area (Å²) in [6, 6.07) is 11.4. The molecule has 1 aromatic heterocycles. The van der Waals surface area contributed by atoms with Crippen molar-refractivity contribution in [3.8, 4) is 0 Å². The van der Waals surface area contributed by atoms with Crippen molar-refractivity contribution < 1.29 is 0 Å². The monoisotopic (exact) mass is 285 g/mol. The summed E-state index contributed by atoms with van der Waals surface area (Å²) in [6.45, 7) is 10.5. The zero-order valence-electron chi connectivity index (χ0n) is 13.7. The van der Waals surface area contributed by atoms with E-state index < -0.39 is 0 Å². The average molecular weight is 285 g/mol. The van der Waals surface area contributed by atoms with Crippen molar-refractivity contribution >= 4 is 0 Å². The Kier molecular flexibility index (Phi) is 5.57. The van der Waals surface area contributed by atoms with Crippen LogP contribution in [-0.2, 0) is 13.0 Å². The Balaban J connectivity index is 2.23. The molecule has 2 rings (SSSR count). The van der Waals surface area contributed by atoms with Crippen LogP contribution in [0.25, 0.3) is 0 Å². The lowest BCUT2D eigenvalue weighted by Crippen LogP contribution is -2.25. The highest BCUT2D eigenvalue weighted by atomic mass is 15.3. The maximum Gasteiger partial charge on any atom is 0.0596 e. The van der Waals surface area contributed by atoms with E-state index in [1.54, 1.807) is 0 Å². The van der Waals surface area contributed by atoms with Crippen LogP contribution < -0.4 is 5.32 Å². The predicted molar refractivity (Wildman–Crippen MR) is 88.6 cm³/mol. The van der Waals surface area contributed by atoms with Crippen LogP contribution in [0.15, 0.2) is 30.3 Å². The van der Waals surface area contributed by atoms with Crippen LogP contribution >= 0.6 is 0 Å². The predicted octanol–water partition coefficient (Wildman–Crippen LogP) is 3.80. The fourth-order valence-corrected chi connectivity index (χ4v) is 2.76. The van der Waals surface area contributed by atoms with Gasteiger partial charge in [0.2, 0.25) is 0 Å². The minimum atomic E-state index is 0.353. The molecule has 1 aromatic carbocycles. The van der Waals surface area contributed by atoms with Gasteiger partial charge in [-0.3, -0.25) is 4.68 Å². The van der Waals surface area contributed by atoms with E-state index in [4.69, 9.17) is 0 Å². The van der Waals surface area contributed by atoms with E-state index in [0.29, 0.717) is 6.04 Å². The van der Waals surface area contributed by atoms with Gasteiger partial charge in [-0.2, -0.15) is 5.10 Å². The molecule has 2 aromatic rings. The molecule has 0 saturated carbocycles. The van der Waals surface area contributed by atoms with Crippen molar-refractivity contribution in [3.05, 3.63) is 52.8 Å². The molecule has 0 spiro atoms. The fourth-order valence-electron chi connectivity index (χ4n) is 2.76. The standard InChI is InChI=1S/C18H27N3/c1-5-10-19-18(16-9-7-8-14(3)11-16)13-17-12-15(4)20-21(17)6-2/h7-9,11-12,18-19H,5-6,10,13H2,1-4H3. The first-order chi connectivity index (χ1) is 10.1. The van der Waals surface area contributed by atoms with Crippen LogP contribution in [0.4, 0.5) is 0 Å². The van der Waals surface area contributed by atoms with Crippen molar-refractivity contribution in [2.24, 2.45) is 0 Å². The number of hydrogen-bond acceptors (Lipinski definition) is 2. The van der Waals surface area contributed by atoms with Gasteiger partial charge >= 0.3 is 0 Å². The smallest absolute Gasteiger partial charge is 0.0596 e. The molecule has 0 amide bonds. The van der Waals surface area contributed by atoms with E-state index in [-0.39, 0.29) is 0 Å². The maximum absolute atomic E-state index is 4.56. The number of nitrogens with one attached hydrogen (secondary N) is 1. The topological polar surface area (TPSA) is 29.9 Å². The van der Waals surface area contributed by atoms with E-state index in [1.807, 2.05) is 0 Å². The Morgan fingerprint density at radius 1 is 1.19 bits per heavy atom. The van der Waals surface area contributed by atoms with Crippen LogP contribution in [0.5, 0.6) is 0 Å². The third-order valence-corrected chi connectivity index (χ3v) is 3.78. The van der Waals surface area contributed by atoms with Crippen molar-refractivity contribution in [2.45, 2.75) is 53.1 Å². The molecule has 1 unspecified atom stereocenters. The highest BCUT2D eigenvalue weighted by Gasteiger charge is 2.15. The third-order valence-electron chi connectivity index (χ3n) is 3.78.